The number of aryl methyl sites for hydroxylation is 1. The largest absolute Gasteiger partial charge is 0.496 e. The molecule has 1 saturated carbocycles. The van der Waals surface area contributed by atoms with Gasteiger partial charge < -0.3 is 29.1 Å². The Morgan fingerprint density at radius 3 is 2.49 bits per heavy atom. The van der Waals surface area contributed by atoms with Crippen LogP contribution in [0.5, 0.6) is 11.5 Å². The van der Waals surface area contributed by atoms with Crippen molar-refractivity contribution in [1.82, 2.24) is 19.7 Å². The van der Waals surface area contributed by atoms with Gasteiger partial charge in [0, 0.05) is 43.9 Å². The number of amides is 3. The van der Waals surface area contributed by atoms with Gasteiger partial charge in [0.25, 0.3) is 5.91 Å². The van der Waals surface area contributed by atoms with Crippen LogP contribution in [0.1, 0.15) is 67.5 Å². The Morgan fingerprint density at radius 2 is 1.85 bits per heavy atom. The van der Waals surface area contributed by atoms with Gasteiger partial charge in [-0.25, -0.2) is 19.0 Å². The SMILES string of the molecule is COc1cccc(CN(C(=O)C2=C(c3cnc(CCCOc4c(Cl)cc(F)cc4Cl)s3)CC3CN(C(=O)OC(C)(C)C)C[C@H]2N3C(=O)O)C2CC2)c1C. The highest BCUT2D eigenvalue weighted by atomic mass is 35.5. The Morgan fingerprint density at radius 1 is 1.13 bits per heavy atom. The lowest BCUT2D eigenvalue weighted by atomic mass is 9.83. The van der Waals surface area contributed by atoms with E-state index in [1.807, 2.05) is 30.0 Å². The van der Waals surface area contributed by atoms with Crippen LogP contribution in [-0.4, -0.2) is 93.4 Å². The summed E-state index contributed by atoms with van der Waals surface area (Å²) in [6.07, 6.45) is 3.01. The van der Waals surface area contributed by atoms with Crippen LogP contribution in [0.4, 0.5) is 14.0 Å². The van der Waals surface area contributed by atoms with Gasteiger partial charge >= 0.3 is 12.2 Å². The summed E-state index contributed by atoms with van der Waals surface area (Å²) < 4.78 is 30.6. The zero-order valence-electron chi connectivity index (χ0n) is 30.3. The number of hydrogen-bond acceptors (Lipinski definition) is 8. The fraction of sp³-hybridized carbons (Fsp3) is 0.474. The lowest BCUT2D eigenvalue weighted by Crippen LogP contribution is -2.65. The molecule has 1 aromatic heterocycles. The van der Waals surface area contributed by atoms with Crippen LogP contribution in [0.25, 0.3) is 5.57 Å². The van der Waals surface area contributed by atoms with Crippen molar-refractivity contribution in [2.24, 2.45) is 0 Å². The van der Waals surface area contributed by atoms with Gasteiger partial charge in [0.2, 0.25) is 0 Å². The fourth-order valence-electron chi connectivity index (χ4n) is 6.95. The smallest absolute Gasteiger partial charge is 0.410 e. The number of thiazole rings is 1. The van der Waals surface area contributed by atoms with Gasteiger partial charge in [-0.2, -0.15) is 0 Å². The van der Waals surface area contributed by atoms with E-state index in [9.17, 15) is 19.1 Å². The second-order valence-corrected chi connectivity index (χ2v) is 16.4. The predicted octanol–water partition coefficient (Wildman–Crippen LogP) is 8.23. The summed E-state index contributed by atoms with van der Waals surface area (Å²) in [6, 6.07) is 6.48. The molecule has 3 aliphatic rings. The van der Waals surface area contributed by atoms with Gasteiger partial charge in [0.15, 0.2) is 5.75 Å². The minimum atomic E-state index is -1.15. The average molecular weight is 790 g/mol. The molecule has 1 saturated heterocycles. The molecule has 0 spiro atoms. The number of carbonyl (C=O) groups excluding carboxylic acids is 2. The van der Waals surface area contributed by atoms with E-state index in [0.29, 0.717) is 25.0 Å². The molecule has 2 aliphatic heterocycles. The second-order valence-electron chi connectivity index (χ2n) is 14.5. The minimum Gasteiger partial charge on any atom is -0.496 e. The zero-order chi connectivity index (χ0) is 38.2. The van der Waals surface area contributed by atoms with Gasteiger partial charge in [-0.15, -0.1) is 11.3 Å². The highest BCUT2D eigenvalue weighted by Crippen LogP contribution is 2.43. The number of fused-ring (bicyclic) bond motifs is 2. The highest BCUT2D eigenvalue weighted by Gasteiger charge is 2.50. The van der Waals surface area contributed by atoms with Crippen molar-refractivity contribution < 1.29 is 38.1 Å². The summed E-state index contributed by atoms with van der Waals surface area (Å²) in [6.45, 7) is 7.95. The molecule has 2 bridgehead atoms. The van der Waals surface area contributed by atoms with Gasteiger partial charge in [-0.05, 0) is 88.3 Å². The van der Waals surface area contributed by atoms with E-state index in [0.717, 1.165) is 57.3 Å². The van der Waals surface area contributed by atoms with Gasteiger partial charge in [0.05, 0.1) is 45.7 Å². The first-order valence-corrected chi connectivity index (χ1v) is 19.1. The Bertz CT molecular complexity index is 1900. The van der Waals surface area contributed by atoms with Crippen LogP contribution < -0.4 is 9.47 Å². The van der Waals surface area contributed by atoms with Crippen LogP contribution >= 0.6 is 34.5 Å². The third-order valence-corrected chi connectivity index (χ3v) is 11.2. The third-order valence-electron chi connectivity index (χ3n) is 9.56. The second kappa shape index (κ2) is 15.7. The molecule has 3 aromatic rings. The first-order chi connectivity index (χ1) is 25.1. The zero-order valence-corrected chi connectivity index (χ0v) is 32.6. The van der Waals surface area contributed by atoms with Crippen LogP contribution in [0, 0.1) is 12.7 Å². The van der Waals surface area contributed by atoms with Crippen LogP contribution in [0.15, 0.2) is 42.1 Å². The molecule has 2 atom stereocenters. The van der Waals surface area contributed by atoms with E-state index in [-0.39, 0.29) is 53.9 Å². The molecule has 15 heteroatoms. The lowest BCUT2D eigenvalue weighted by molar-refractivity contribution is -0.129. The summed E-state index contributed by atoms with van der Waals surface area (Å²) >= 11 is 13.7. The number of rotatable bonds is 11. The van der Waals surface area contributed by atoms with Crippen LogP contribution in [0.2, 0.25) is 10.0 Å². The molecule has 1 unspecified atom stereocenters. The number of ether oxygens (including phenoxy) is 3. The Hall–Kier alpha value is -4.07. The topological polar surface area (TPSA) is 122 Å². The van der Waals surface area contributed by atoms with E-state index >= 15 is 4.79 Å². The van der Waals surface area contributed by atoms with Crippen molar-refractivity contribution in [2.45, 2.75) is 90.1 Å². The maximum Gasteiger partial charge on any atom is 0.410 e. The molecule has 53 heavy (non-hydrogen) atoms. The molecule has 1 aliphatic carbocycles. The van der Waals surface area contributed by atoms with Crippen molar-refractivity contribution in [2.75, 3.05) is 26.8 Å². The van der Waals surface area contributed by atoms with Crippen molar-refractivity contribution >= 4 is 58.2 Å². The number of piperazine rings is 1. The van der Waals surface area contributed by atoms with Gasteiger partial charge in [-0.1, -0.05) is 35.3 Å². The molecular formula is C38H43Cl2FN4O7S. The highest BCUT2D eigenvalue weighted by molar-refractivity contribution is 7.12. The Labute approximate surface area is 322 Å². The molecule has 2 aromatic carbocycles. The van der Waals surface area contributed by atoms with E-state index in [2.05, 4.69) is 4.98 Å². The Balaban J connectivity index is 1.33. The maximum absolute atomic E-state index is 15.0. The lowest BCUT2D eigenvalue weighted by Gasteiger charge is -2.50. The average Bonchev–Trinajstić information content (AvgIpc) is 3.81. The molecule has 11 nitrogen and oxygen atoms in total. The monoisotopic (exact) mass is 788 g/mol. The van der Waals surface area contributed by atoms with E-state index in [4.69, 9.17) is 37.4 Å². The number of nitrogens with zero attached hydrogens (tertiary/aromatic N) is 4. The van der Waals surface area contributed by atoms with E-state index in [1.165, 1.54) is 21.1 Å². The number of halogens is 3. The quantitative estimate of drug-likeness (QED) is 0.193. The number of carboxylic acid groups (broad SMARTS) is 1. The van der Waals surface area contributed by atoms with Crippen LogP contribution in [-0.2, 0) is 22.5 Å². The minimum absolute atomic E-state index is 0.0106. The summed E-state index contributed by atoms with van der Waals surface area (Å²) in [4.78, 5) is 51.5. The summed E-state index contributed by atoms with van der Waals surface area (Å²) in [5, 5.41) is 11.5. The van der Waals surface area contributed by atoms with Crippen molar-refractivity contribution in [3.63, 3.8) is 0 Å². The Kier molecular flexibility index (Phi) is 11.5. The predicted molar refractivity (Wildman–Crippen MR) is 200 cm³/mol. The molecule has 1 N–H and O–H groups in total. The summed E-state index contributed by atoms with van der Waals surface area (Å²) in [5.41, 5.74) is 2.19. The fourth-order valence-corrected chi connectivity index (χ4v) is 8.55. The summed E-state index contributed by atoms with van der Waals surface area (Å²) in [7, 11) is 1.61. The first kappa shape index (κ1) is 38.6. The van der Waals surface area contributed by atoms with Crippen molar-refractivity contribution in [3.05, 3.63) is 79.0 Å². The van der Waals surface area contributed by atoms with E-state index < -0.39 is 35.7 Å². The molecule has 0 radical (unpaired) electrons. The number of benzene rings is 2. The molecule has 3 amide bonds. The molecule has 6 rings (SSSR count). The van der Waals surface area contributed by atoms with Crippen LogP contribution in [0.3, 0.4) is 0 Å². The molecule has 284 valence electrons. The number of aromatic nitrogens is 1. The molecule has 2 fully saturated rings. The number of carbonyl (C=O) groups is 3. The summed E-state index contributed by atoms with van der Waals surface area (Å²) in [5.74, 6) is 0.113. The number of methoxy groups -OCH3 is 1. The molecular weight excluding hydrogens is 746 g/mol. The standard InChI is InChI=1S/C38H43Cl2FN4O7S/c1-21-22(8-6-9-30(21)50-5)18-44(24-11-12-24)35(46)33-26(16-25-19-43(37(49)52-38(2,3)4)20-29(33)45(25)36(47)48)31-17-42-32(53-31)10-7-13-51-34-27(39)14-23(41)15-28(34)40/h6,8-9,14-15,17,24-25,29H,7,10-13,16,18-20H2,1-5H3,(H,47,48)/t25?,29-/m1/s1. The maximum atomic E-state index is 15.0. The van der Waals surface area contributed by atoms with Crippen molar-refractivity contribution in [3.8, 4) is 11.5 Å². The molecule has 3 heterocycles. The van der Waals surface area contributed by atoms with Gasteiger partial charge in [0.1, 0.15) is 17.2 Å². The van der Waals surface area contributed by atoms with Crippen molar-refractivity contribution in [1.29, 1.82) is 0 Å². The first-order valence-electron chi connectivity index (χ1n) is 17.5. The van der Waals surface area contributed by atoms with Gasteiger partial charge in [-0.3, -0.25) is 9.69 Å². The number of hydrogen-bond donors (Lipinski definition) is 1. The third kappa shape index (κ3) is 8.68. The van der Waals surface area contributed by atoms with E-state index in [1.54, 1.807) is 34.1 Å². The normalized spacial score (nSPS) is 18.6.